The lowest BCUT2D eigenvalue weighted by atomic mass is 9.81. The molecule has 0 aromatic heterocycles. The van der Waals surface area contributed by atoms with Gasteiger partial charge in [0, 0.05) is 0 Å². The Morgan fingerprint density at radius 2 is 1.14 bits per heavy atom. The zero-order valence-electron chi connectivity index (χ0n) is 20.5. The fourth-order valence-corrected chi connectivity index (χ4v) is 5.42. The maximum absolute atomic E-state index is 13.1. The predicted molar refractivity (Wildman–Crippen MR) is 127 cm³/mol. The largest absolute Gasteiger partial charge is 0.478 e. The maximum atomic E-state index is 13.1. The number of aliphatic hydroxyl groups excluding tert-OH is 1. The van der Waals surface area contributed by atoms with E-state index >= 15 is 0 Å². The fraction of sp³-hybridized carbons (Fsp3) is 0.536. The minimum absolute atomic E-state index is 0.0168. The average molecular weight is 531 g/mol. The van der Waals surface area contributed by atoms with E-state index < -0.39 is 29.4 Å². The van der Waals surface area contributed by atoms with E-state index in [2.05, 4.69) is 0 Å². The summed E-state index contributed by atoms with van der Waals surface area (Å²) in [7, 11) is 0. The Balaban J connectivity index is 0.000000206. The van der Waals surface area contributed by atoms with E-state index in [-0.39, 0.29) is 29.6 Å². The van der Waals surface area contributed by atoms with E-state index in [1.54, 1.807) is 12.1 Å². The van der Waals surface area contributed by atoms with Crippen molar-refractivity contribution in [3.63, 3.8) is 0 Å². The van der Waals surface area contributed by atoms with Crippen LogP contribution in [0.15, 0.2) is 36.4 Å². The number of benzene rings is 2. The van der Waals surface area contributed by atoms with Crippen LogP contribution in [0.1, 0.15) is 114 Å². The van der Waals surface area contributed by atoms with Crippen molar-refractivity contribution < 1.29 is 41.4 Å². The molecule has 2 aliphatic rings. The first-order valence-electron chi connectivity index (χ1n) is 12.7. The third-order valence-corrected chi connectivity index (χ3v) is 7.30. The van der Waals surface area contributed by atoms with Gasteiger partial charge in [0.1, 0.15) is 0 Å². The van der Waals surface area contributed by atoms with Crippen molar-refractivity contribution >= 4 is 5.97 Å². The number of aliphatic hydroxyl groups is 1. The maximum Gasteiger partial charge on any atom is 0.416 e. The van der Waals surface area contributed by atoms with Gasteiger partial charge in [0.05, 0.1) is 23.3 Å². The molecule has 3 nitrogen and oxygen atoms in total. The highest BCUT2D eigenvalue weighted by molar-refractivity contribution is 5.88. The number of carbonyl (C=O) groups is 1. The van der Waals surface area contributed by atoms with Gasteiger partial charge in [-0.1, -0.05) is 56.7 Å². The highest BCUT2D eigenvalue weighted by atomic mass is 19.4. The smallest absolute Gasteiger partial charge is 0.416 e. The van der Waals surface area contributed by atoms with Crippen molar-refractivity contribution in [2.24, 2.45) is 0 Å². The molecule has 0 atom stereocenters. The zero-order chi connectivity index (χ0) is 27.2. The number of carboxylic acids is 1. The van der Waals surface area contributed by atoms with Gasteiger partial charge >= 0.3 is 18.3 Å². The lowest BCUT2D eigenvalue weighted by Gasteiger charge is -2.25. The summed E-state index contributed by atoms with van der Waals surface area (Å²) in [6, 6.07) is 7.59. The average Bonchev–Trinajstić information content (AvgIpc) is 2.88. The van der Waals surface area contributed by atoms with Crippen LogP contribution in [0.4, 0.5) is 26.3 Å². The molecular formula is C28H32F6O3. The molecule has 2 saturated carbocycles. The third-order valence-electron chi connectivity index (χ3n) is 7.30. The molecule has 2 fully saturated rings. The summed E-state index contributed by atoms with van der Waals surface area (Å²) in [4.78, 5) is 10.8. The van der Waals surface area contributed by atoms with E-state index in [0.29, 0.717) is 11.1 Å². The molecule has 0 saturated heterocycles. The van der Waals surface area contributed by atoms with Crippen LogP contribution in [0.5, 0.6) is 0 Å². The van der Waals surface area contributed by atoms with Crippen molar-refractivity contribution in [1.29, 1.82) is 0 Å². The second-order valence-corrected chi connectivity index (χ2v) is 9.85. The number of halogens is 6. The van der Waals surface area contributed by atoms with Gasteiger partial charge in [0.15, 0.2) is 0 Å². The summed E-state index contributed by atoms with van der Waals surface area (Å²) in [6.07, 6.45) is 0.376. The SMILES string of the molecule is O=C(O)c1ccc(C2CCCCC2)c(C(F)(F)F)c1.OCc1ccc(C2CCCCC2)c(C(F)(F)F)c1. The Bertz CT molecular complexity index is 1050. The molecule has 4 rings (SSSR count). The van der Waals surface area contributed by atoms with Crippen LogP contribution < -0.4 is 0 Å². The second kappa shape index (κ2) is 12.3. The minimum Gasteiger partial charge on any atom is -0.478 e. The molecular weight excluding hydrogens is 498 g/mol. The lowest BCUT2D eigenvalue weighted by molar-refractivity contribution is -0.139. The number of carboxylic acid groups (broad SMARTS) is 1. The molecule has 2 aromatic rings. The van der Waals surface area contributed by atoms with Crippen molar-refractivity contribution in [2.45, 2.75) is 95.0 Å². The van der Waals surface area contributed by atoms with Crippen molar-refractivity contribution in [1.82, 2.24) is 0 Å². The lowest BCUT2D eigenvalue weighted by Crippen LogP contribution is -2.15. The van der Waals surface area contributed by atoms with E-state index in [9.17, 15) is 31.1 Å². The molecule has 37 heavy (non-hydrogen) atoms. The van der Waals surface area contributed by atoms with E-state index in [1.807, 2.05) is 0 Å². The monoisotopic (exact) mass is 530 g/mol. The highest BCUT2D eigenvalue weighted by Crippen LogP contribution is 2.42. The first-order valence-corrected chi connectivity index (χ1v) is 12.7. The number of rotatable bonds is 4. The Morgan fingerprint density at radius 1 is 0.703 bits per heavy atom. The first kappa shape index (κ1) is 29.0. The first-order chi connectivity index (χ1) is 17.4. The fourth-order valence-electron chi connectivity index (χ4n) is 5.42. The quantitative estimate of drug-likeness (QED) is 0.389. The normalized spacial score (nSPS) is 17.7. The van der Waals surface area contributed by atoms with Crippen LogP contribution in [-0.2, 0) is 19.0 Å². The minimum atomic E-state index is -4.50. The van der Waals surface area contributed by atoms with Gasteiger partial charge in [-0.15, -0.1) is 0 Å². The molecule has 2 aromatic carbocycles. The molecule has 0 unspecified atom stereocenters. The molecule has 0 amide bonds. The summed E-state index contributed by atoms with van der Waals surface area (Å²) in [5.41, 5.74) is -0.703. The Kier molecular flexibility index (Phi) is 9.67. The number of aromatic carboxylic acids is 1. The Morgan fingerprint density at radius 3 is 1.54 bits per heavy atom. The van der Waals surface area contributed by atoms with Crippen molar-refractivity contribution in [2.75, 3.05) is 0 Å². The number of hydrogen-bond donors (Lipinski definition) is 2. The van der Waals surface area contributed by atoms with Gasteiger partial charge < -0.3 is 10.2 Å². The summed E-state index contributed by atoms with van der Waals surface area (Å²) in [5, 5.41) is 17.8. The van der Waals surface area contributed by atoms with Crippen molar-refractivity contribution in [3.05, 3.63) is 69.8 Å². The van der Waals surface area contributed by atoms with Gasteiger partial charge in [-0.25, -0.2) is 4.79 Å². The topological polar surface area (TPSA) is 57.5 Å². The highest BCUT2D eigenvalue weighted by Gasteiger charge is 2.37. The van der Waals surface area contributed by atoms with Gasteiger partial charge in [-0.2, -0.15) is 26.3 Å². The molecule has 0 aliphatic heterocycles. The zero-order valence-corrected chi connectivity index (χ0v) is 20.5. The molecule has 2 aliphatic carbocycles. The third kappa shape index (κ3) is 7.72. The molecule has 0 heterocycles. The van der Waals surface area contributed by atoms with E-state index in [1.165, 1.54) is 12.1 Å². The number of hydrogen-bond acceptors (Lipinski definition) is 2. The Labute approximate surface area is 212 Å². The standard InChI is InChI=1S/C14H15F3O2.C14H17F3O/c15-14(16,17)12-8-10(13(18)19)6-7-11(12)9-4-2-1-3-5-9;15-14(16,17)13-8-10(9-18)6-7-12(13)11-4-2-1-3-5-11/h6-9H,1-5H2,(H,18,19);6-8,11,18H,1-5,9H2. The van der Waals surface area contributed by atoms with Gasteiger partial charge in [-0.3, -0.25) is 0 Å². The van der Waals surface area contributed by atoms with Crippen LogP contribution in [0.2, 0.25) is 0 Å². The van der Waals surface area contributed by atoms with Crippen LogP contribution in [-0.4, -0.2) is 16.2 Å². The van der Waals surface area contributed by atoms with Crippen LogP contribution >= 0.6 is 0 Å². The van der Waals surface area contributed by atoms with E-state index in [0.717, 1.165) is 76.3 Å². The van der Waals surface area contributed by atoms with Gasteiger partial charge in [0.25, 0.3) is 0 Å². The summed E-state index contributed by atoms with van der Waals surface area (Å²) in [6.45, 7) is -0.353. The number of alkyl halides is 6. The summed E-state index contributed by atoms with van der Waals surface area (Å²) in [5.74, 6) is -1.42. The van der Waals surface area contributed by atoms with Crippen molar-refractivity contribution in [3.8, 4) is 0 Å². The second-order valence-electron chi connectivity index (χ2n) is 9.85. The van der Waals surface area contributed by atoms with Crippen LogP contribution in [0.3, 0.4) is 0 Å². The van der Waals surface area contributed by atoms with Gasteiger partial charge in [0.2, 0.25) is 0 Å². The summed E-state index contributed by atoms with van der Waals surface area (Å²) < 4.78 is 78.3. The van der Waals surface area contributed by atoms with Gasteiger partial charge in [-0.05, 0) is 72.4 Å². The molecule has 0 bridgehead atoms. The Hall–Kier alpha value is -2.55. The molecule has 204 valence electrons. The molecule has 9 heteroatoms. The molecule has 0 radical (unpaired) electrons. The summed E-state index contributed by atoms with van der Waals surface area (Å²) >= 11 is 0. The van der Waals surface area contributed by atoms with Crippen LogP contribution in [0.25, 0.3) is 0 Å². The molecule has 0 spiro atoms. The van der Waals surface area contributed by atoms with Crippen LogP contribution in [0, 0.1) is 0 Å². The molecule has 2 N–H and O–H groups in total. The predicted octanol–water partition coefficient (Wildman–Crippen LogP) is 8.70. The van der Waals surface area contributed by atoms with E-state index in [4.69, 9.17) is 10.2 Å².